The van der Waals surface area contributed by atoms with Crippen molar-refractivity contribution in [2.75, 3.05) is 13.2 Å². The minimum absolute atomic E-state index is 0.0928. The predicted molar refractivity (Wildman–Crippen MR) is 67.8 cm³/mol. The number of carbonyl (C=O) groups excluding carboxylic acids is 1. The molecule has 0 radical (unpaired) electrons. The first kappa shape index (κ1) is 13.5. The lowest BCUT2D eigenvalue weighted by atomic mass is 10.4. The predicted octanol–water partition coefficient (Wildman–Crippen LogP) is -1.47. The number of hydrogen-bond donors (Lipinski definition) is 1. The fourth-order valence-corrected chi connectivity index (χ4v) is 1.98. The molecule has 0 unspecified atom stereocenters. The van der Waals surface area contributed by atoms with Gasteiger partial charge in [0.15, 0.2) is 0 Å². The minimum atomic E-state index is -0.513. The van der Waals surface area contributed by atoms with Crippen LogP contribution in [-0.2, 0) is 18.4 Å². The van der Waals surface area contributed by atoms with Gasteiger partial charge >= 0.3 is 5.69 Å². The summed E-state index contributed by atoms with van der Waals surface area (Å²) in [6.45, 7) is 0.0812. The third-order valence-electron chi connectivity index (χ3n) is 3.21. The van der Waals surface area contributed by atoms with Gasteiger partial charge in [0, 0.05) is 31.9 Å². The quantitative estimate of drug-likeness (QED) is 0.706. The van der Waals surface area contributed by atoms with Crippen LogP contribution in [0, 0.1) is 0 Å². The van der Waals surface area contributed by atoms with Gasteiger partial charge in [0.1, 0.15) is 6.54 Å². The molecule has 0 aliphatic heterocycles. The summed E-state index contributed by atoms with van der Waals surface area (Å²) in [4.78, 5) is 36.7. The molecule has 1 aliphatic carbocycles. The van der Waals surface area contributed by atoms with Crippen LogP contribution in [0.15, 0.2) is 21.9 Å². The Morgan fingerprint density at radius 2 is 2.16 bits per heavy atom. The molecule has 104 valence electrons. The molecule has 1 aromatic heterocycles. The maximum absolute atomic E-state index is 12.1. The Hall–Kier alpha value is -1.89. The summed E-state index contributed by atoms with van der Waals surface area (Å²) in [5, 5.41) is 8.96. The molecule has 1 aliphatic rings. The van der Waals surface area contributed by atoms with Crippen molar-refractivity contribution in [2.24, 2.45) is 7.05 Å². The smallest absolute Gasteiger partial charge is 0.331 e. The van der Waals surface area contributed by atoms with Crippen LogP contribution in [0.3, 0.4) is 0 Å². The van der Waals surface area contributed by atoms with Crippen molar-refractivity contribution < 1.29 is 9.90 Å². The van der Waals surface area contributed by atoms with Gasteiger partial charge in [-0.3, -0.25) is 18.7 Å². The van der Waals surface area contributed by atoms with E-state index in [0.29, 0.717) is 0 Å². The molecular weight excluding hydrogens is 250 g/mol. The molecule has 1 heterocycles. The zero-order valence-corrected chi connectivity index (χ0v) is 10.8. The Bertz CT molecular complexity index is 585. The van der Waals surface area contributed by atoms with Crippen molar-refractivity contribution >= 4 is 5.91 Å². The van der Waals surface area contributed by atoms with E-state index in [2.05, 4.69) is 0 Å². The Kier molecular flexibility index (Phi) is 3.84. The van der Waals surface area contributed by atoms with E-state index in [1.807, 2.05) is 0 Å². The molecule has 2 rings (SSSR count). The third kappa shape index (κ3) is 2.93. The monoisotopic (exact) mass is 267 g/mol. The highest BCUT2D eigenvalue weighted by atomic mass is 16.3. The van der Waals surface area contributed by atoms with Crippen molar-refractivity contribution in [1.29, 1.82) is 0 Å². The molecule has 7 nitrogen and oxygen atoms in total. The van der Waals surface area contributed by atoms with Crippen molar-refractivity contribution in [3.63, 3.8) is 0 Å². The fraction of sp³-hybridized carbons (Fsp3) is 0.583. The van der Waals surface area contributed by atoms with Crippen molar-refractivity contribution in [2.45, 2.75) is 25.4 Å². The Morgan fingerprint density at radius 3 is 2.74 bits per heavy atom. The fourth-order valence-electron chi connectivity index (χ4n) is 1.98. The van der Waals surface area contributed by atoms with Gasteiger partial charge in [-0.25, -0.2) is 4.79 Å². The number of carbonyl (C=O) groups is 1. The molecular formula is C12H17N3O4. The van der Waals surface area contributed by atoms with Crippen LogP contribution in [0.2, 0.25) is 0 Å². The maximum atomic E-state index is 12.1. The molecule has 1 amide bonds. The number of aliphatic hydroxyl groups excluding tert-OH is 1. The van der Waals surface area contributed by atoms with Gasteiger partial charge < -0.3 is 10.0 Å². The largest absolute Gasteiger partial charge is 0.395 e. The lowest BCUT2D eigenvalue weighted by Crippen LogP contribution is -2.43. The van der Waals surface area contributed by atoms with Crippen molar-refractivity contribution in [1.82, 2.24) is 14.0 Å². The number of aromatic nitrogens is 2. The van der Waals surface area contributed by atoms with Gasteiger partial charge in [-0.05, 0) is 12.8 Å². The van der Waals surface area contributed by atoms with Crippen molar-refractivity contribution in [3.8, 4) is 0 Å². The van der Waals surface area contributed by atoms with E-state index < -0.39 is 11.2 Å². The van der Waals surface area contributed by atoms with E-state index in [1.54, 1.807) is 4.90 Å². The van der Waals surface area contributed by atoms with Crippen LogP contribution < -0.4 is 11.2 Å². The first-order chi connectivity index (χ1) is 9.04. The standard InChI is InChI=1S/C12H17N3O4/c1-13-10(17)4-5-14(12(13)19)8-11(18)15(6-7-16)9-2-3-9/h4-5,9,16H,2-3,6-8H2,1H3. The number of rotatable bonds is 5. The molecule has 7 heteroatoms. The summed E-state index contributed by atoms with van der Waals surface area (Å²) < 4.78 is 2.16. The molecule has 1 fully saturated rings. The highest BCUT2D eigenvalue weighted by Gasteiger charge is 2.32. The van der Waals surface area contributed by atoms with E-state index in [1.165, 1.54) is 23.9 Å². The molecule has 0 bridgehead atoms. The molecule has 0 saturated heterocycles. The minimum Gasteiger partial charge on any atom is -0.395 e. The van der Waals surface area contributed by atoms with Gasteiger partial charge in [0.2, 0.25) is 5.91 Å². The summed E-state index contributed by atoms with van der Waals surface area (Å²) in [5.41, 5.74) is -0.913. The molecule has 1 saturated carbocycles. The lowest BCUT2D eigenvalue weighted by Gasteiger charge is -2.21. The number of amides is 1. The Morgan fingerprint density at radius 1 is 1.47 bits per heavy atom. The summed E-state index contributed by atoms with van der Waals surface area (Å²) in [7, 11) is 1.37. The highest BCUT2D eigenvalue weighted by molar-refractivity contribution is 5.76. The second-order valence-electron chi connectivity index (χ2n) is 4.67. The van der Waals surface area contributed by atoms with E-state index in [4.69, 9.17) is 5.11 Å². The van der Waals surface area contributed by atoms with Gasteiger partial charge in [0.25, 0.3) is 5.56 Å². The van der Waals surface area contributed by atoms with Crippen LogP contribution in [0.5, 0.6) is 0 Å². The molecule has 0 aromatic carbocycles. The van der Waals surface area contributed by atoms with E-state index in [9.17, 15) is 14.4 Å². The lowest BCUT2D eigenvalue weighted by molar-refractivity contribution is -0.133. The van der Waals surface area contributed by atoms with Crippen LogP contribution >= 0.6 is 0 Å². The van der Waals surface area contributed by atoms with Crippen LogP contribution in [-0.4, -0.2) is 44.2 Å². The van der Waals surface area contributed by atoms with E-state index >= 15 is 0 Å². The van der Waals surface area contributed by atoms with Crippen LogP contribution in [0.1, 0.15) is 12.8 Å². The summed E-state index contributed by atoms with van der Waals surface area (Å²) in [6, 6.07) is 1.44. The summed E-state index contributed by atoms with van der Waals surface area (Å²) in [5.74, 6) is -0.211. The van der Waals surface area contributed by atoms with Crippen molar-refractivity contribution in [3.05, 3.63) is 33.1 Å². The molecule has 1 N–H and O–H groups in total. The zero-order chi connectivity index (χ0) is 14.0. The third-order valence-corrected chi connectivity index (χ3v) is 3.21. The molecule has 1 aromatic rings. The number of nitrogens with zero attached hydrogens (tertiary/aromatic N) is 3. The molecule has 0 spiro atoms. The first-order valence-electron chi connectivity index (χ1n) is 6.21. The SMILES string of the molecule is Cn1c(=O)ccn(CC(=O)N(CCO)C2CC2)c1=O. The van der Waals surface area contributed by atoms with E-state index in [0.717, 1.165) is 17.4 Å². The maximum Gasteiger partial charge on any atom is 0.331 e. The normalized spacial score (nSPS) is 14.4. The second-order valence-corrected chi connectivity index (χ2v) is 4.67. The van der Waals surface area contributed by atoms with Gasteiger partial charge in [-0.15, -0.1) is 0 Å². The Balaban J connectivity index is 2.16. The zero-order valence-electron chi connectivity index (χ0n) is 10.8. The van der Waals surface area contributed by atoms with Gasteiger partial charge in [-0.2, -0.15) is 0 Å². The average Bonchev–Trinajstić information content (AvgIpc) is 3.21. The van der Waals surface area contributed by atoms with Crippen LogP contribution in [0.25, 0.3) is 0 Å². The van der Waals surface area contributed by atoms with Gasteiger partial charge in [-0.1, -0.05) is 0 Å². The molecule has 0 atom stereocenters. The van der Waals surface area contributed by atoms with E-state index in [-0.39, 0.29) is 31.6 Å². The summed E-state index contributed by atoms with van der Waals surface area (Å²) in [6.07, 6.45) is 3.20. The molecule has 19 heavy (non-hydrogen) atoms. The summed E-state index contributed by atoms with van der Waals surface area (Å²) >= 11 is 0. The highest BCUT2D eigenvalue weighted by Crippen LogP contribution is 2.26. The number of aliphatic hydroxyl groups is 1. The van der Waals surface area contributed by atoms with Gasteiger partial charge in [0.05, 0.1) is 6.61 Å². The van der Waals surface area contributed by atoms with Crippen LogP contribution in [0.4, 0.5) is 0 Å². The average molecular weight is 267 g/mol. The Labute approximate surface area is 109 Å². The first-order valence-corrected chi connectivity index (χ1v) is 6.21. The topological polar surface area (TPSA) is 84.5 Å². The second kappa shape index (κ2) is 5.40. The number of hydrogen-bond acceptors (Lipinski definition) is 4.